The minimum atomic E-state index is -0.0249. The summed E-state index contributed by atoms with van der Waals surface area (Å²) in [5, 5.41) is 3.56. The van der Waals surface area contributed by atoms with Crippen LogP contribution in [0.15, 0.2) is 30.3 Å². The maximum Gasteiger partial charge on any atom is 0.238 e. The number of hydrogen-bond donors (Lipinski definition) is 1. The molecule has 0 unspecified atom stereocenters. The van der Waals surface area contributed by atoms with Gasteiger partial charge < -0.3 is 14.8 Å². The number of carbonyl (C=O) groups excluding carboxylic acids is 1. The topological polar surface area (TPSA) is 54.0 Å². The van der Waals surface area contributed by atoms with Crippen molar-refractivity contribution in [2.75, 3.05) is 44.8 Å². The van der Waals surface area contributed by atoms with Crippen molar-refractivity contribution in [1.82, 2.24) is 9.80 Å². The van der Waals surface area contributed by atoms with E-state index in [0.717, 1.165) is 55.3 Å². The Morgan fingerprint density at radius 1 is 1.03 bits per heavy atom. The normalized spacial score (nSPS) is 16.8. The molecule has 1 fully saturated rings. The quantitative estimate of drug-likeness (QED) is 0.810. The van der Waals surface area contributed by atoms with Gasteiger partial charge in [0.1, 0.15) is 0 Å². The molecule has 0 spiro atoms. The number of benzene rings is 2. The van der Waals surface area contributed by atoms with Crippen molar-refractivity contribution in [2.24, 2.45) is 0 Å². The number of aryl methyl sites for hydroxylation is 2. The van der Waals surface area contributed by atoms with Gasteiger partial charge in [-0.05, 0) is 48.7 Å². The highest BCUT2D eigenvalue weighted by molar-refractivity contribution is 6.34. The van der Waals surface area contributed by atoms with Crippen molar-refractivity contribution in [2.45, 2.75) is 20.4 Å². The maximum absolute atomic E-state index is 12.5. The lowest BCUT2D eigenvalue weighted by molar-refractivity contribution is -0.117. The number of nitrogens with zero attached hydrogens (tertiary/aromatic N) is 2. The first-order valence-corrected chi connectivity index (χ1v) is 10.3. The van der Waals surface area contributed by atoms with Crippen molar-refractivity contribution in [3.05, 3.63) is 52.0 Å². The smallest absolute Gasteiger partial charge is 0.238 e. The number of hydrogen-bond acceptors (Lipinski definition) is 5. The first-order chi connectivity index (χ1) is 14.0. The van der Waals surface area contributed by atoms with Crippen molar-refractivity contribution < 1.29 is 14.3 Å². The molecule has 1 saturated heterocycles. The van der Waals surface area contributed by atoms with Gasteiger partial charge in [-0.15, -0.1) is 0 Å². The van der Waals surface area contributed by atoms with Crippen LogP contribution in [0, 0.1) is 13.8 Å². The van der Waals surface area contributed by atoms with E-state index in [9.17, 15) is 4.79 Å². The van der Waals surface area contributed by atoms with Crippen molar-refractivity contribution in [3.8, 4) is 11.5 Å². The SMILES string of the molecule is Cc1cc(C)c(NC(=O)CN2CCN(Cc3ccc4c(c3)OCO4)CC2)c(Cl)c1. The van der Waals surface area contributed by atoms with Crippen LogP contribution in [0.25, 0.3) is 0 Å². The lowest BCUT2D eigenvalue weighted by Crippen LogP contribution is -2.48. The number of nitrogens with one attached hydrogen (secondary N) is 1. The summed E-state index contributed by atoms with van der Waals surface area (Å²) in [7, 11) is 0. The molecular formula is C22H26ClN3O3. The van der Waals surface area contributed by atoms with E-state index in [1.807, 2.05) is 32.0 Å². The molecule has 0 bridgehead atoms. The molecule has 7 heteroatoms. The number of halogens is 1. The Balaban J connectivity index is 1.26. The Kier molecular flexibility index (Phi) is 5.94. The summed E-state index contributed by atoms with van der Waals surface area (Å²) in [5.74, 6) is 1.61. The molecule has 4 rings (SSSR count). The average molecular weight is 416 g/mol. The highest BCUT2D eigenvalue weighted by atomic mass is 35.5. The molecule has 2 aromatic carbocycles. The van der Waals surface area contributed by atoms with Crippen LogP contribution in [0.4, 0.5) is 5.69 Å². The Bertz CT molecular complexity index is 887. The van der Waals surface area contributed by atoms with Crippen LogP contribution >= 0.6 is 11.6 Å². The summed E-state index contributed by atoms with van der Waals surface area (Å²) in [4.78, 5) is 17.1. The number of fused-ring (bicyclic) bond motifs is 1. The van der Waals surface area contributed by atoms with E-state index in [4.69, 9.17) is 21.1 Å². The van der Waals surface area contributed by atoms with E-state index in [0.29, 0.717) is 24.0 Å². The highest BCUT2D eigenvalue weighted by Crippen LogP contribution is 2.33. The lowest BCUT2D eigenvalue weighted by atomic mass is 10.1. The first kappa shape index (κ1) is 20.0. The summed E-state index contributed by atoms with van der Waals surface area (Å²) in [6.07, 6.45) is 0. The molecule has 2 heterocycles. The van der Waals surface area contributed by atoms with Gasteiger partial charge in [-0.25, -0.2) is 0 Å². The molecule has 0 radical (unpaired) electrons. The molecule has 0 aliphatic carbocycles. The molecule has 2 aliphatic rings. The molecule has 0 aromatic heterocycles. The Labute approximate surface area is 176 Å². The van der Waals surface area contributed by atoms with Crippen LogP contribution in [0.3, 0.4) is 0 Å². The van der Waals surface area contributed by atoms with Gasteiger partial charge in [-0.1, -0.05) is 23.7 Å². The van der Waals surface area contributed by atoms with E-state index >= 15 is 0 Å². The van der Waals surface area contributed by atoms with Crippen LogP contribution in [-0.2, 0) is 11.3 Å². The van der Waals surface area contributed by atoms with E-state index < -0.39 is 0 Å². The molecule has 1 N–H and O–H groups in total. The fourth-order valence-corrected chi connectivity index (χ4v) is 4.23. The molecule has 2 aromatic rings. The molecule has 0 saturated carbocycles. The zero-order valence-corrected chi connectivity index (χ0v) is 17.6. The predicted molar refractivity (Wildman–Crippen MR) is 114 cm³/mol. The van der Waals surface area contributed by atoms with Crippen LogP contribution in [0.1, 0.15) is 16.7 Å². The third-order valence-corrected chi connectivity index (χ3v) is 5.67. The summed E-state index contributed by atoms with van der Waals surface area (Å²) in [5.41, 5.74) is 4.00. The summed E-state index contributed by atoms with van der Waals surface area (Å²) in [6, 6.07) is 10.0. The summed E-state index contributed by atoms with van der Waals surface area (Å²) < 4.78 is 10.8. The fraction of sp³-hybridized carbons (Fsp3) is 0.409. The van der Waals surface area contributed by atoms with Gasteiger partial charge in [0.25, 0.3) is 0 Å². The molecule has 2 aliphatic heterocycles. The molecular weight excluding hydrogens is 390 g/mol. The van der Waals surface area contributed by atoms with E-state index in [1.54, 1.807) is 0 Å². The second kappa shape index (κ2) is 8.61. The van der Waals surface area contributed by atoms with Crippen molar-refractivity contribution >= 4 is 23.2 Å². The Morgan fingerprint density at radius 2 is 1.76 bits per heavy atom. The Morgan fingerprint density at radius 3 is 2.52 bits per heavy atom. The van der Waals surface area contributed by atoms with Crippen LogP contribution in [0.2, 0.25) is 5.02 Å². The monoisotopic (exact) mass is 415 g/mol. The average Bonchev–Trinajstić information content (AvgIpc) is 3.14. The van der Waals surface area contributed by atoms with Gasteiger partial charge in [0.2, 0.25) is 12.7 Å². The minimum Gasteiger partial charge on any atom is -0.454 e. The van der Waals surface area contributed by atoms with Crippen LogP contribution in [-0.4, -0.2) is 55.2 Å². The third kappa shape index (κ3) is 4.83. The molecule has 6 nitrogen and oxygen atoms in total. The standard InChI is InChI=1S/C22H26ClN3O3/c1-15-9-16(2)22(18(23)10-15)24-21(27)13-26-7-5-25(6-8-26)12-17-3-4-19-20(11-17)29-14-28-19/h3-4,9-11H,5-8,12-14H2,1-2H3,(H,24,27). The summed E-state index contributed by atoms with van der Waals surface area (Å²) >= 11 is 6.30. The van der Waals surface area contributed by atoms with Gasteiger partial charge >= 0.3 is 0 Å². The molecule has 29 heavy (non-hydrogen) atoms. The molecule has 1 amide bonds. The number of piperazine rings is 1. The van der Waals surface area contributed by atoms with E-state index in [2.05, 4.69) is 27.2 Å². The summed E-state index contributed by atoms with van der Waals surface area (Å²) in [6.45, 7) is 9.06. The number of anilines is 1. The number of carbonyl (C=O) groups is 1. The largest absolute Gasteiger partial charge is 0.454 e. The number of ether oxygens (including phenoxy) is 2. The predicted octanol–water partition coefficient (Wildman–Crippen LogP) is 3.44. The number of amides is 1. The van der Waals surface area contributed by atoms with E-state index in [1.165, 1.54) is 5.56 Å². The second-order valence-electron chi connectivity index (χ2n) is 7.73. The van der Waals surface area contributed by atoms with Gasteiger partial charge in [0, 0.05) is 32.7 Å². The van der Waals surface area contributed by atoms with Crippen LogP contribution in [0.5, 0.6) is 11.5 Å². The highest BCUT2D eigenvalue weighted by Gasteiger charge is 2.21. The van der Waals surface area contributed by atoms with E-state index in [-0.39, 0.29) is 5.91 Å². The third-order valence-electron chi connectivity index (χ3n) is 5.37. The molecule has 154 valence electrons. The zero-order chi connectivity index (χ0) is 20.4. The first-order valence-electron chi connectivity index (χ1n) is 9.88. The second-order valence-corrected chi connectivity index (χ2v) is 8.13. The fourth-order valence-electron chi connectivity index (χ4n) is 3.86. The van der Waals surface area contributed by atoms with Gasteiger partial charge in [-0.3, -0.25) is 14.6 Å². The van der Waals surface area contributed by atoms with Gasteiger partial charge in [-0.2, -0.15) is 0 Å². The lowest BCUT2D eigenvalue weighted by Gasteiger charge is -2.34. The van der Waals surface area contributed by atoms with Gasteiger partial charge in [0.15, 0.2) is 11.5 Å². The Hall–Kier alpha value is -2.28. The van der Waals surface area contributed by atoms with Gasteiger partial charge in [0.05, 0.1) is 17.3 Å². The van der Waals surface area contributed by atoms with Crippen LogP contribution < -0.4 is 14.8 Å². The number of rotatable bonds is 5. The maximum atomic E-state index is 12.5. The minimum absolute atomic E-state index is 0.0249. The van der Waals surface area contributed by atoms with Crippen molar-refractivity contribution in [1.29, 1.82) is 0 Å². The zero-order valence-electron chi connectivity index (χ0n) is 16.8. The molecule has 0 atom stereocenters. The van der Waals surface area contributed by atoms with Crippen molar-refractivity contribution in [3.63, 3.8) is 0 Å².